The van der Waals surface area contributed by atoms with Crippen LogP contribution < -0.4 is 0 Å². The molecule has 90 valence electrons. The van der Waals surface area contributed by atoms with Crippen molar-refractivity contribution in [2.24, 2.45) is 5.92 Å². The second kappa shape index (κ2) is 6.49. The van der Waals surface area contributed by atoms with Crippen molar-refractivity contribution in [1.82, 2.24) is 9.80 Å². The molecule has 1 aliphatic rings. The Morgan fingerprint density at radius 3 is 2.62 bits per heavy atom. The average molecular weight is 223 g/mol. The molecule has 0 unspecified atom stereocenters. The van der Waals surface area contributed by atoms with Crippen LogP contribution >= 0.6 is 0 Å². The van der Waals surface area contributed by atoms with E-state index >= 15 is 0 Å². The Morgan fingerprint density at radius 2 is 2.12 bits per heavy atom. The van der Waals surface area contributed by atoms with Gasteiger partial charge in [-0.15, -0.1) is 0 Å². The van der Waals surface area contributed by atoms with Crippen molar-refractivity contribution in [2.45, 2.75) is 25.7 Å². The number of amides is 1. The molecule has 0 atom stereocenters. The Labute approximate surface area is 97.8 Å². The molecule has 0 radical (unpaired) electrons. The Balaban J connectivity index is 2.18. The summed E-state index contributed by atoms with van der Waals surface area (Å²) in [6.07, 6.45) is 4.37. The maximum absolute atomic E-state index is 11.7. The molecule has 0 spiro atoms. The van der Waals surface area contributed by atoms with Gasteiger partial charge in [0.05, 0.1) is 19.0 Å². The van der Waals surface area contributed by atoms with Gasteiger partial charge in [-0.05, 0) is 25.8 Å². The molecule has 0 aromatic heterocycles. The summed E-state index contributed by atoms with van der Waals surface area (Å²) in [6, 6.07) is 2.05. The minimum atomic E-state index is 0.108. The third-order valence-electron chi connectivity index (χ3n) is 3.18. The smallest absolute Gasteiger partial charge is 0.236 e. The summed E-state index contributed by atoms with van der Waals surface area (Å²) < 4.78 is 0. The van der Waals surface area contributed by atoms with Gasteiger partial charge in [-0.1, -0.05) is 6.42 Å². The van der Waals surface area contributed by atoms with E-state index in [1.165, 1.54) is 19.3 Å². The van der Waals surface area contributed by atoms with Crippen LogP contribution in [-0.4, -0.2) is 49.4 Å². The molecule has 0 aliphatic heterocycles. The lowest BCUT2D eigenvalue weighted by Gasteiger charge is -2.30. The molecular formula is C12H21N3O. The Morgan fingerprint density at radius 1 is 1.44 bits per heavy atom. The van der Waals surface area contributed by atoms with Gasteiger partial charge >= 0.3 is 0 Å². The highest BCUT2D eigenvalue weighted by Gasteiger charge is 2.20. The highest BCUT2D eigenvalue weighted by atomic mass is 16.2. The second-order valence-corrected chi connectivity index (χ2v) is 4.72. The topological polar surface area (TPSA) is 47.3 Å². The Kier molecular flexibility index (Phi) is 5.27. The normalized spacial score (nSPS) is 15.6. The number of carbonyl (C=O) groups excluding carboxylic acids is 1. The zero-order valence-electron chi connectivity index (χ0n) is 10.3. The standard InChI is InChI=1S/C12H21N3O/c1-14(9-11-5-3-6-11)10-12(16)15(2)8-4-7-13/h11H,3-6,8-10H2,1-2H3. The van der Waals surface area contributed by atoms with Crippen LogP contribution in [0.25, 0.3) is 0 Å². The van der Waals surface area contributed by atoms with Crippen molar-refractivity contribution in [3.05, 3.63) is 0 Å². The van der Waals surface area contributed by atoms with Crippen LogP contribution in [0.3, 0.4) is 0 Å². The summed E-state index contributed by atoms with van der Waals surface area (Å²) in [4.78, 5) is 15.5. The van der Waals surface area contributed by atoms with Crippen molar-refractivity contribution < 1.29 is 4.79 Å². The summed E-state index contributed by atoms with van der Waals surface area (Å²) in [5.74, 6) is 0.902. The maximum atomic E-state index is 11.7. The van der Waals surface area contributed by atoms with Gasteiger partial charge in [-0.25, -0.2) is 0 Å². The molecule has 0 aromatic carbocycles. The first-order chi connectivity index (χ1) is 7.63. The highest BCUT2D eigenvalue weighted by molar-refractivity contribution is 5.77. The van der Waals surface area contributed by atoms with Crippen LogP contribution in [0.15, 0.2) is 0 Å². The number of carbonyl (C=O) groups is 1. The number of likely N-dealkylation sites (N-methyl/N-ethyl adjacent to an activating group) is 2. The third kappa shape index (κ3) is 4.19. The number of nitriles is 1. The van der Waals surface area contributed by atoms with E-state index in [0.29, 0.717) is 19.5 Å². The van der Waals surface area contributed by atoms with E-state index in [-0.39, 0.29) is 5.91 Å². The molecule has 4 heteroatoms. The van der Waals surface area contributed by atoms with E-state index in [1.54, 1.807) is 11.9 Å². The summed E-state index contributed by atoms with van der Waals surface area (Å²) in [5.41, 5.74) is 0. The van der Waals surface area contributed by atoms with Crippen LogP contribution in [0.4, 0.5) is 0 Å². The molecule has 0 heterocycles. The molecular weight excluding hydrogens is 202 g/mol. The third-order valence-corrected chi connectivity index (χ3v) is 3.18. The maximum Gasteiger partial charge on any atom is 0.236 e. The number of hydrogen-bond donors (Lipinski definition) is 0. The van der Waals surface area contributed by atoms with Gasteiger partial charge in [0.1, 0.15) is 0 Å². The van der Waals surface area contributed by atoms with Crippen molar-refractivity contribution in [3.63, 3.8) is 0 Å². The lowest BCUT2D eigenvalue weighted by Crippen LogP contribution is -2.39. The average Bonchev–Trinajstić information content (AvgIpc) is 2.20. The van der Waals surface area contributed by atoms with Gasteiger partial charge in [-0.3, -0.25) is 9.69 Å². The first kappa shape index (κ1) is 13.0. The summed E-state index contributed by atoms with van der Waals surface area (Å²) >= 11 is 0. The SMILES string of the molecule is CN(CC(=O)N(C)CCC#N)CC1CCC1. The fourth-order valence-electron chi connectivity index (χ4n) is 1.87. The van der Waals surface area contributed by atoms with Crippen LogP contribution in [0.2, 0.25) is 0 Å². The molecule has 0 N–H and O–H groups in total. The number of rotatable bonds is 6. The first-order valence-corrected chi connectivity index (χ1v) is 5.93. The fraction of sp³-hybridized carbons (Fsp3) is 0.833. The van der Waals surface area contributed by atoms with Crippen LogP contribution in [0.5, 0.6) is 0 Å². The zero-order valence-corrected chi connectivity index (χ0v) is 10.3. The minimum Gasteiger partial charge on any atom is -0.344 e. The molecule has 1 saturated carbocycles. The van der Waals surface area contributed by atoms with Crippen LogP contribution in [-0.2, 0) is 4.79 Å². The van der Waals surface area contributed by atoms with Gasteiger partial charge in [0.2, 0.25) is 5.91 Å². The summed E-state index contributed by atoms with van der Waals surface area (Å²) in [5, 5.41) is 8.44. The van der Waals surface area contributed by atoms with Crippen molar-refractivity contribution in [2.75, 3.05) is 33.7 Å². The molecule has 16 heavy (non-hydrogen) atoms. The zero-order chi connectivity index (χ0) is 12.0. The molecule has 1 rings (SSSR count). The quantitative estimate of drug-likeness (QED) is 0.677. The molecule has 0 aromatic rings. The van der Waals surface area contributed by atoms with Gasteiger partial charge < -0.3 is 4.90 Å². The predicted octanol–water partition coefficient (Wildman–Crippen LogP) is 1.09. The van der Waals surface area contributed by atoms with E-state index < -0.39 is 0 Å². The number of hydrogen-bond acceptors (Lipinski definition) is 3. The molecule has 1 aliphatic carbocycles. The second-order valence-electron chi connectivity index (χ2n) is 4.72. The van der Waals surface area contributed by atoms with Crippen molar-refractivity contribution in [3.8, 4) is 6.07 Å². The van der Waals surface area contributed by atoms with Gasteiger partial charge in [-0.2, -0.15) is 5.26 Å². The van der Waals surface area contributed by atoms with E-state index in [0.717, 1.165) is 12.5 Å². The molecule has 4 nitrogen and oxygen atoms in total. The van der Waals surface area contributed by atoms with Crippen molar-refractivity contribution >= 4 is 5.91 Å². The summed E-state index contributed by atoms with van der Waals surface area (Å²) in [6.45, 7) is 2.03. The predicted molar refractivity (Wildman–Crippen MR) is 62.7 cm³/mol. The lowest BCUT2D eigenvalue weighted by molar-refractivity contribution is -0.130. The van der Waals surface area contributed by atoms with Crippen LogP contribution in [0.1, 0.15) is 25.7 Å². The first-order valence-electron chi connectivity index (χ1n) is 5.93. The van der Waals surface area contributed by atoms with Crippen LogP contribution in [0, 0.1) is 17.2 Å². The van der Waals surface area contributed by atoms with E-state index in [9.17, 15) is 4.79 Å². The van der Waals surface area contributed by atoms with E-state index in [4.69, 9.17) is 5.26 Å². The number of nitrogens with zero attached hydrogens (tertiary/aromatic N) is 3. The van der Waals surface area contributed by atoms with Gasteiger partial charge in [0.15, 0.2) is 0 Å². The lowest BCUT2D eigenvalue weighted by atomic mass is 9.85. The summed E-state index contributed by atoms with van der Waals surface area (Å²) in [7, 11) is 3.76. The molecule has 0 saturated heterocycles. The fourth-order valence-corrected chi connectivity index (χ4v) is 1.87. The van der Waals surface area contributed by atoms with E-state index in [1.807, 2.05) is 13.1 Å². The largest absolute Gasteiger partial charge is 0.344 e. The Hall–Kier alpha value is -1.08. The monoisotopic (exact) mass is 223 g/mol. The van der Waals surface area contributed by atoms with Gasteiger partial charge in [0, 0.05) is 20.1 Å². The minimum absolute atomic E-state index is 0.108. The molecule has 1 fully saturated rings. The highest BCUT2D eigenvalue weighted by Crippen LogP contribution is 2.26. The van der Waals surface area contributed by atoms with Crippen molar-refractivity contribution in [1.29, 1.82) is 5.26 Å². The Bertz CT molecular complexity index is 268. The van der Waals surface area contributed by atoms with E-state index in [2.05, 4.69) is 4.90 Å². The molecule has 0 bridgehead atoms. The van der Waals surface area contributed by atoms with Gasteiger partial charge in [0.25, 0.3) is 0 Å². The molecule has 1 amide bonds.